The smallest absolute Gasteiger partial charge is 0.0399 e. The fraction of sp³-hybridized carbons (Fsp3) is 0.417. The molecule has 0 heterocycles. The minimum Gasteiger partial charge on any atom is -0.388 e. The van der Waals surface area contributed by atoms with Gasteiger partial charge in [0.25, 0.3) is 0 Å². The predicted octanol–water partition coefficient (Wildman–Crippen LogP) is 6.48. The number of allylic oxidation sites excluding steroid dienone is 1. The molecule has 0 radical (unpaired) electrons. The molecule has 0 aliphatic heterocycles. The van der Waals surface area contributed by atoms with Crippen LogP contribution in [0.4, 0.5) is 11.4 Å². The molecule has 0 aliphatic carbocycles. The number of halogens is 1. The van der Waals surface area contributed by atoms with E-state index in [1.807, 2.05) is 7.05 Å². The van der Waals surface area contributed by atoms with Crippen LogP contribution in [-0.2, 0) is 5.41 Å². The molecule has 0 amide bonds. The number of para-hydroxylation sites is 1. The Balaban J connectivity index is 2.13. The Hall–Kier alpha value is -1.93. The van der Waals surface area contributed by atoms with E-state index in [0.29, 0.717) is 5.88 Å². The molecule has 2 rings (SSSR count). The van der Waals surface area contributed by atoms with E-state index in [9.17, 15) is 0 Å². The van der Waals surface area contributed by atoms with E-state index in [2.05, 4.69) is 92.5 Å². The molecule has 27 heavy (non-hydrogen) atoms. The van der Waals surface area contributed by atoms with Crippen molar-refractivity contribution in [2.45, 2.75) is 39.5 Å². The molecule has 2 nitrogen and oxygen atoms in total. The maximum Gasteiger partial charge on any atom is 0.0399 e. The van der Waals surface area contributed by atoms with Gasteiger partial charge in [0.1, 0.15) is 0 Å². The third-order valence-corrected chi connectivity index (χ3v) is 5.37. The highest BCUT2D eigenvalue weighted by atomic mass is 35.5. The fourth-order valence-electron chi connectivity index (χ4n) is 3.50. The highest BCUT2D eigenvalue weighted by molar-refractivity contribution is 6.18. The van der Waals surface area contributed by atoms with E-state index in [-0.39, 0.29) is 5.41 Å². The van der Waals surface area contributed by atoms with E-state index in [4.69, 9.17) is 11.6 Å². The Labute approximate surface area is 170 Å². The van der Waals surface area contributed by atoms with Crippen LogP contribution in [0.3, 0.4) is 0 Å². The van der Waals surface area contributed by atoms with E-state index in [1.165, 1.54) is 28.1 Å². The number of hydrogen-bond donors (Lipinski definition) is 1. The van der Waals surface area contributed by atoms with Gasteiger partial charge < -0.3 is 10.2 Å². The Morgan fingerprint density at radius 1 is 1.15 bits per heavy atom. The third kappa shape index (κ3) is 5.52. The molecule has 0 saturated carbocycles. The van der Waals surface area contributed by atoms with Crippen molar-refractivity contribution >= 4 is 29.1 Å². The Morgan fingerprint density at radius 2 is 1.89 bits per heavy atom. The van der Waals surface area contributed by atoms with Crippen LogP contribution in [0, 0.1) is 6.92 Å². The first-order chi connectivity index (χ1) is 12.9. The lowest BCUT2D eigenvalue weighted by Gasteiger charge is -2.26. The average Bonchev–Trinajstić information content (AvgIpc) is 2.67. The van der Waals surface area contributed by atoms with Crippen LogP contribution in [0.2, 0.25) is 0 Å². The van der Waals surface area contributed by atoms with Crippen LogP contribution in [-0.4, -0.2) is 26.0 Å². The lowest BCUT2D eigenvalue weighted by atomic mass is 9.80. The fourth-order valence-corrected chi connectivity index (χ4v) is 3.70. The number of benzene rings is 2. The highest BCUT2D eigenvalue weighted by Gasteiger charge is 2.21. The van der Waals surface area contributed by atoms with Gasteiger partial charge in [-0.3, -0.25) is 0 Å². The summed E-state index contributed by atoms with van der Waals surface area (Å²) in [4.78, 5) is 2.31. The van der Waals surface area contributed by atoms with E-state index < -0.39 is 0 Å². The number of rotatable bonds is 9. The van der Waals surface area contributed by atoms with Gasteiger partial charge in [0.05, 0.1) is 0 Å². The number of alkyl halides is 1. The zero-order valence-corrected chi connectivity index (χ0v) is 18.1. The van der Waals surface area contributed by atoms with Gasteiger partial charge in [-0.05, 0) is 60.6 Å². The minimum absolute atomic E-state index is 0.0727. The third-order valence-electron chi connectivity index (χ3n) is 5.21. The van der Waals surface area contributed by atoms with Gasteiger partial charge in [-0.25, -0.2) is 0 Å². The number of nitrogens with zero attached hydrogens (tertiary/aromatic N) is 1. The number of anilines is 2. The molecule has 0 aromatic heterocycles. The second-order valence-corrected chi connectivity index (χ2v) is 7.97. The molecule has 0 bridgehead atoms. The van der Waals surface area contributed by atoms with Crippen LogP contribution < -0.4 is 10.2 Å². The molecule has 0 atom stereocenters. The second-order valence-electron chi connectivity index (χ2n) is 7.60. The Bertz CT molecular complexity index is 765. The monoisotopic (exact) mass is 384 g/mol. The average molecular weight is 385 g/mol. The SMILES string of the molecule is CCN(CCCl)c1ccc(C=CCC(C)(C)c2ccccc2NC)c(C)c1. The summed E-state index contributed by atoms with van der Waals surface area (Å²) in [6, 6.07) is 15.2. The zero-order chi connectivity index (χ0) is 19.9. The summed E-state index contributed by atoms with van der Waals surface area (Å²) in [5, 5.41) is 3.31. The maximum atomic E-state index is 5.92. The van der Waals surface area contributed by atoms with Crippen LogP contribution in [0.15, 0.2) is 48.5 Å². The van der Waals surface area contributed by atoms with Gasteiger partial charge in [-0.15, -0.1) is 11.6 Å². The van der Waals surface area contributed by atoms with Crippen LogP contribution in [0.1, 0.15) is 43.9 Å². The zero-order valence-electron chi connectivity index (χ0n) is 17.3. The van der Waals surface area contributed by atoms with Gasteiger partial charge in [0, 0.05) is 37.4 Å². The molecule has 0 saturated heterocycles. The van der Waals surface area contributed by atoms with Crippen molar-refractivity contribution in [1.82, 2.24) is 0 Å². The first-order valence-electron chi connectivity index (χ1n) is 9.78. The van der Waals surface area contributed by atoms with Crippen molar-refractivity contribution < 1.29 is 0 Å². The topological polar surface area (TPSA) is 15.3 Å². The lowest BCUT2D eigenvalue weighted by Crippen LogP contribution is -2.24. The standard InChI is InChI=1S/C24H33ClN2/c1-6-27(17-16-25)21-14-13-20(19(2)18-21)10-9-15-24(3,4)22-11-7-8-12-23(22)26-5/h7-14,18,26H,6,15-17H2,1-5H3. The quantitative estimate of drug-likeness (QED) is 0.497. The van der Waals surface area contributed by atoms with Gasteiger partial charge in [0.2, 0.25) is 0 Å². The first kappa shape index (κ1) is 21.4. The van der Waals surface area contributed by atoms with Crippen LogP contribution in [0.5, 0.6) is 0 Å². The van der Waals surface area contributed by atoms with Gasteiger partial charge in [-0.2, -0.15) is 0 Å². The summed E-state index contributed by atoms with van der Waals surface area (Å²) in [5.74, 6) is 0.651. The largest absolute Gasteiger partial charge is 0.388 e. The number of aryl methyl sites for hydroxylation is 1. The molecule has 3 heteroatoms. The summed E-state index contributed by atoms with van der Waals surface area (Å²) < 4.78 is 0. The molecule has 0 unspecified atom stereocenters. The molecule has 146 valence electrons. The normalized spacial score (nSPS) is 11.8. The molecule has 0 spiro atoms. The van der Waals surface area contributed by atoms with E-state index >= 15 is 0 Å². The summed E-state index contributed by atoms with van der Waals surface area (Å²) in [6.07, 6.45) is 5.53. The maximum absolute atomic E-state index is 5.92. The number of nitrogens with one attached hydrogen (secondary N) is 1. The molecule has 2 aromatic carbocycles. The second kappa shape index (κ2) is 9.85. The molecular weight excluding hydrogens is 352 g/mol. The van der Waals surface area contributed by atoms with Crippen molar-refractivity contribution in [3.8, 4) is 0 Å². The number of hydrogen-bond acceptors (Lipinski definition) is 2. The van der Waals surface area contributed by atoms with E-state index in [1.54, 1.807) is 0 Å². The van der Waals surface area contributed by atoms with Crippen LogP contribution >= 0.6 is 11.6 Å². The first-order valence-corrected chi connectivity index (χ1v) is 10.3. The summed E-state index contributed by atoms with van der Waals surface area (Å²) in [7, 11) is 1.99. The molecule has 0 fully saturated rings. The van der Waals surface area contributed by atoms with Gasteiger partial charge in [-0.1, -0.05) is 50.3 Å². The van der Waals surface area contributed by atoms with Gasteiger partial charge in [0.15, 0.2) is 0 Å². The highest BCUT2D eigenvalue weighted by Crippen LogP contribution is 2.33. The molecule has 2 aromatic rings. The van der Waals surface area contributed by atoms with Crippen molar-refractivity contribution in [3.63, 3.8) is 0 Å². The van der Waals surface area contributed by atoms with E-state index in [0.717, 1.165) is 19.5 Å². The van der Waals surface area contributed by atoms with Crippen molar-refractivity contribution in [2.24, 2.45) is 0 Å². The summed E-state index contributed by atoms with van der Waals surface area (Å²) in [6.45, 7) is 10.8. The summed E-state index contributed by atoms with van der Waals surface area (Å²) in [5.41, 5.74) is 6.45. The Morgan fingerprint density at radius 3 is 2.52 bits per heavy atom. The van der Waals surface area contributed by atoms with Crippen molar-refractivity contribution in [3.05, 3.63) is 65.2 Å². The molecular formula is C24H33ClN2. The molecule has 1 N–H and O–H groups in total. The van der Waals surface area contributed by atoms with Crippen molar-refractivity contribution in [1.29, 1.82) is 0 Å². The molecule has 0 aliphatic rings. The lowest BCUT2D eigenvalue weighted by molar-refractivity contribution is 0.536. The van der Waals surface area contributed by atoms with Gasteiger partial charge >= 0.3 is 0 Å². The van der Waals surface area contributed by atoms with Crippen LogP contribution in [0.25, 0.3) is 6.08 Å². The summed E-state index contributed by atoms with van der Waals surface area (Å²) >= 11 is 5.92. The Kier molecular flexibility index (Phi) is 7.79. The minimum atomic E-state index is 0.0727. The predicted molar refractivity (Wildman–Crippen MR) is 122 cm³/mol. The van der Waals surface area contributed by atoms with Crippen molar-refractivity contribution in [2.75, 3.05) is 36.2 Å².